The zero-order valence-corrected chi connectivity index (χ0v) is 18.5. The molecule has 0 aromatic heterocycles. The molecule has 34 heavy (non-hydrogen) atoms. The maximum Gasteiger partial charge on any atom is -0.000764 e. The van der Waals surface area contributed by atoms with Gasteiger partial charge in [0.15, 0.2) is 0 Å². The molecular formula is C34H20. The van der Waals surface area contributed by atoms with E-state index in [1.807, 2.05) is 0 Å². The molecule has 0 aliphatic carbocycles. The second-order valence-electron chi connectivity index (χ2n) is 9.29. The molecular weight excluding hydrogens is 408 g/mol. The molecule has 0 N–H and O–H groups in total. The third kappa shape index (κ3) is 2.27. The van der Waals surface area contributed by atoms with Gasteiger partial charge in [0, 0.05) is 0 Å². The van der Waals surface area contributed by atoms with Crippen molar-refractivity contribution in [3.63, 3.8) is 0 Å². The third-order valence-electron chi connectivity index (χ3n) is 7.58. The molecule has 0 fully saturated rings. The smallest absolute Gasteiger partial charge is 0.000764 e. The van der Waals surface area contributed by atoms with Gasteiger partial charge in [0.25, 0.3) is 0 Å². The zero-order chi connectivity index (χ0) is 22.2. The molecule has 8 rings (SSSR count). The summed E-state index contributed by atoms with van der Waals surface area (Å²) in [6.07, 6.45) is 0. The third-order valence-corrected chi connectivity index (χ3v) is 7.58. The van der Waals surface area contributed by atoms with Crippen LogP contribution in [0.15, 0.2) is 121 Å². The standard InChI is InChI=1S/C34H20/c1-3-9-25-21(7-1)13-15-23-17-19-29-27-11-5-6-12-28(27)30-20-18-24-16-14-22-8-2-4-10-26(22)32(24)34(30)33(29)31(23)25/h1-20H. The molecule has 0 atom stereocenters. The predicted octanol–water partition coefficient (Wildman–Crippen LogP) is 9.76. The van der Waals surface area contributed by atoms with E-state index in [1.165, 1.54) is 75.4 Å². The van der Waals surface area contributed by atoms with Gasteiger partial charge in [0.1, 0.15) is 0 Å². The van der Waals surface area contributed by atoms with E-state index in [0.29, 0.717) is 0 Å². The Bertz CT molecular complexity index is 1950. The summed E-state index contributed by atoms with van der Waals surface area (Å²) in [5, 5.41) is 18.5. The quantitative estimate of drug-likeness (QED) is 0.211. The largest absolute Gasteiger partial charge is 0.0616 e. The molecule has 0 heterocycles. The average molecular weight is 429 g/mol. The number of hydrogen-bond acceptors (Lipinski definition) is 0. The summed E-state index contributed by atoms with van der Waals surface area (Å²) >= 11 is 0. The van der Waals surface area contributed by atoms with Gasteiger partial charge >= 0.3 is 0 Å². The van der Waals surface area contributed by atoms with Crippen molar-refractivity contribution >= 4 is 75.4 Å². The highest BCUT2D eigenvalue weighted by Crippen LogP contribution is 2.45. The van der Waals surface area contributed by atoms with Gasteiger partial charge in [-0.3, -0.25) is 0 Å². The number of fused-ring (bicyclic) bond motifs is 14. The van der Waals surface area contributed by atoms with Crippen LogP contribution in [0.3, 0.4) is 0 Å². The molecule has 0 unspecified atom stereocenters. The maximum atomic E-state index is 2.33. The Balaban J connectivity index is 1.84. The van der Waals surface area contributed by atoms with Crippen molar-refractivity contribution in [1.29, 1.82) is 0 Å². The van der Waals surface area contributed by atoms with Crippen molar-refractivity contribution in [3.8, 4) is 0 Å². The van der Waals surface area contributed by atoms with Crippen LogP contribution in [0.5, 0.6) is 0 Å². The molecule has 0 saturated heterocycles. The monoisotopic (exact) mass is 428 g/mol. The molecule has 0 radical (unpaired) electrons. The first-order valence-electron chi connectivity index (χ1n) is 11.9. The van der Waals surface area contributed by atoms with Crippen LogP contribution in [0.2, 0.25) is 0 Å². The molecule has 0 nitrogen and oxygen atoms in total. The van der Waals surface area contributed by atoms with Crippen molar-refractivity contribution in [3.05, 3.63) is 121 Å². The summed E-state index contributed by atoms with van der Waals surface area (Å²) in [4.78, 5) is 0. The number of benzene rings is 8. The Morgan fingerprint density at radius 3 is 1.03 bits per heavy atom. The van der Waals surface area contributed by atoms with Gasteiger partial charge in [-0.2, -0.15) is 0 Å². The highest BCUT2D eigenvalue weighted by molar-refractivity contribution is 6.41. The lowest BCUT2D eigenvalue weighted by Crippen LogP contribution is -1.89. The normalized spacial score (nSPS) is 12.1. The van der Waals surface area contributed by atoms with Crippen LogP contribution in [0.4, 0.5) is 0 Å². The van der Waals surface area contributed by atoms with Crippen LogP contribution >= 0.6 is 0 Å². The second kappa shape index (κ2) is 6.56. The molecule has 0 heteroatoms. The van der Waals surface area contributed by atoms with Gasteiger partial charge < -0.3 is 0 Å². The SMILES string of the molecule is c1ccc2c(c1)ccc1ccc3c4ccccc4c4ccc5ccc6ccccc6c5c4c3c12. The highest BCUT2D eigenvalue weighted by Gasteiger charge is 2.16. The van der Waals surface area contributed by atoms with Crippen molar-refractivity contribution in [1.82, 2.24) is 0 Å². The van der Waals surface area contributed by atoms with Gasteiger partial charge in [-0.25, -0.2) is 0 Å². The van der Waals surface area contributed by atoms with Gasteiger partial charge in [-0.1, -0.05) is 121 Å². The fourth-order valence-electron chi connectivity index (χ4n) is 6.12. The van der Waals surface area contributed by atoms with Crippen LogP contribution in [0.25, 0.3) is 75.4 Å². The number of hydrogen-bond donors (Lipinski definition) is 0. The first kappa shape index (κ1) is 18.1. The molecule has 0 aliphatic heterocycles. The lowest BCUT2D eigenvalue weighted by Gasteiger charge is -2.17. The molecule has 156 valence electrons. The Kier molecular flexibility index (Phi) is 3.48. The minimum absolute atomic E-state index is 1.29. The Morgan fingerprint density at radius 2 is 0.559 bits per heavy atom. The minimum Gasteiger partial charge on any atom is -0.0616 e. The molecule has 8 aromatic carbocycles. The minimum atomic E-state index is 1.29. The fourth-order valence-corrected chi connectivity index (χ4v) is 6.12. The average Bonchev–Trinajstić information content (AvgIpc) is 2.92. The highest BCUT2D eigenvalue weighted by atomic mass is 14.2. The van der Waals surface area contributed by atoms with E-state index in [0.717, 1.165) is 0 Å². The summed E-state index contributed by atoms with van der Waals surface area (Å²) in [5.41, 5.74) is 0. The van der Waals surface area contributed by atoms with E-state index < -0.39 is 0 Å². The lowest BCUT2D eigenvalue weighted by molar-refractivity contribution is 1.78. The van der Waals surface area contributed by atoms with E-state index in [-0.39, 0.29) is 0 Å². The first-order chi connectivity index (χ1) is 16.9. The van der Waals surface area contributed by atoms with Gasteiger partial charge in [0.05, 0.1) is 0 Å². The van der Waals surface area contributed by atoms with Gasteiger partial charge in [-0.05, 0) is 75.4 Å². The van der Waals surface area contributed by atoms with Crippen molar-refractivity contribution in [2.24, 2.45) is 0 Å². The molecule has 0 aliphatic rings. The lowest BCUT2D eigenvalue weighted by atomic mass is 9.86. The van der Waals surface area contributed by atoms with Gasteiger partial charge in [-0.15, -0.1) is 0 Å². The van der Waals surface area contributed by atoms with Crippen LogP contribution in [-0.2, 0) is 0 Å². The summed E-state index contributed by atoms with van der Waals surface area (Å²) in [7, 11) is 0. The van der Waals surface area contributed by atoms with Crippen LogP contribution in [-0.4, -0.2) is 0 Å². The fraction of sp³-hybridized carbons (Fsp3) is 0. The Morgan fingerprint density at radius 1 is 0.206 bits per heavy atom. The summed E-state index contributed by atoms with van der Waals surface area (Å²) in [6.45, 7) is 0. The van der Waals surface area contributed by atoms with Crippen molar-refractivity contribution in [2.45, 2.75) is 0 Å². The molecule has 0 bridgehead atoms. The summed E-state index contributed by atoms with van der Waals surface area (Å²) in [6, 6.07) is 44.8. The van der Waals surface area contributed by atoms with Crippen molar-refractivity contribution < 1.29 is 0 Å². The topological polar surface area (TPSA) is 0 Å². The van der Waals surface area contributed by atoms with E-state index in [1.54, 1.807) is 0 Å². The summed E-state index contributed by atoms with van der Waals surface area (Å²) < 4.78 is 0. The maximum absolute atomic E-state index is 2.33. The van der Waals surface area contributed by atoms with Crippen LogP contribution in [0.1, 0.15) is 0 Å². The van der Waals surface area contributed by atoms with E-state index in [2.05, 4.69) is 121 Å². The summed E-state index contributed by atoms with van der Waals surface area (Å²) in [5.74, 6) is 0. The van der Waals surface area contributed by atoms with Crippen LogP contribution in [0, 0.1) is 0 Å². The molecule has 0 spiro atoms. The number of rotatable bonds is 0. The Hall–Kier alpha value is -4.42. The zero-order valence-electron chi connectivity index (χ0n) is 18.5. The second-order valence-corrected chi connectivity index (χ2v) is 9.29. The Labute approximate surface area is 196 Å². The predicted molar refractivity (Wildman–Crippen MR) is 149 cm³/mol. The van der Waals surface area contributed by atoms with E-state index in [9.17, 15) is 0 Å². The van der Waals surface area contributed by atoms with E-state index in [4.69, 9.17) is 0 Å². The van der Waals surface area contributed by atoms with Crippen LogP contribution < -0.4 is 0 Å². The molecule has 0 amide bonds. The van der Waals surface area contributed by atoms with Crippen molar-refractivity contribution in [2.75, 3.05) is 0 Å². The van der Waals surface area contributed by atoms with E-state index >= 15 is 0 Å². The molecule has 8 aromatic rings. The van der Waals surface area contributed by atoms with Gasteiger partial charge in [0.2, 0.25) is 0 Å². The first-order valence-corrected chi connectivity index (χ1v) is 11.9. The molecule has 0 saturated carbocycles.